The molecular formula is C20H21N3O2. The first-order valence-corrected chi connectivity index (χ1v) is 8.47. The molecule has 3 aromatic rings. The lowest BCUT2D eigenvalue weighted by atomic mass is 10.1. The minimum Gasteiger partial charge on any atom is -0.334 e. The van der Waals surface area contributed by atoms with Crippen LogP contribution < -0.4 is 5.56 Å². The highest BCUT2D eigenvalue weighted by molar-refractivity contribution is 5.96. The van der Waals surface area contributed by atoms with Gasteiger partial charge in [0.1, 0.15) is 11.2 Å². The Morgan fingerprint density at radius 1 is 1.12 bits per heavy atom. The number of nitrogens with zero attached hydrogens (tertiary/aromatic N) is 3. The van der Waals surface area contributed by atoms with Crippen LogP contribution in [0.25, 0.3) is 11.0 Å². The van der Waals surface area contributed by atoms with Crippen molar-refractivity contribution in [2.24, 2.45) is 0 Å². The fourth-order valence-electron chi connectivity index (χ4n) is 2.95. The number of carbonyl (C=O) groups is 1. The molecule has 0 radical (unpaired) electrons. The lowest BCUT2D eigenvalue weighted by Gasteiger charge is -2.21. The van der Waals surface area contributed by atoms with Gasteiger partial charge < -0.3 is 4.90 Å². The van der Waals surface area contributed by atoms with Gasteiger partial charge in [-0.3, -0.25) is 14.2 Å². The van der Waals surface area contributed by atoms with E-state index in [1.807, 2.05) is 56.3 Å². The van der Waals surface area contributed by atoms with Crippen molar-refractivity contribution in [3.05, 3.63) is 76.2 Å². The van der Waals surface area contributed by atoms with Crippen molar-refractivity contribution in [1.82, 2.24) is 14.5 Å². The second kappa shape index (κ2) is 7.30. The van der Waals surface area contributed by atoms with Gasteiger partial charge in [-0.15, -0.1) is 0 Å². The quantitative estimate of drug-likeness (QED) is 0.720. The lowest BCUT2D eigenvalue weighted by Crippen LogP contribution is -2.36. The zero-order valence-corrected chi connectivity index (χ0v) is 14.5. The summed E-state index contributed by atoms with van der Waals surface area (Å²) < 4.78 is 1.55. The van der Waals surface area contributed by atoms with Crippen LogP contribution >= 0.6 is 0 Å². The Morgan fingerprint density at radius 3 is 2.56 bits per heavy atom. The van der Waals surface area contributed by atoms with E-state index in [-0.39, 0.29) is 17.0 Å². The third-order valence-corrected chi connectivity index (χ3v) is 4.28. The summed E-state index contributed by atoms with van der Waals surface area (Å²) >= 11 is 0. The molecule has 0 atom stereocenters. The van der Waals surface area contributed by atoms with Gasteiger partial charge in [0.05, 0.1) is 0 Å². The van der Waals surface area contributed by atoms with Crippen LogP contribution in [0.3, 0.4) is 0 Å². The Balaban J connectivity index is 2.03. The zero-order valence-electron chi connectivity index (χ0n) is 14.5. The van der Waals surface area contributed by atoms with Crippen molar-refractivity contribution in [3.8, 4) is 0 Å². The van der Waals surface area contributed by atoms with E-state index in [9.17, 15) is 9.59 Å². The molecule has 25 heavy (non-hydrogen) atoms. The first-order valence-electron chi connectivity index (χ1n) is 8.47. The van der Waals surface area contributed by atoms with Crippen molar-refractivity contribution >= 4 is 16.9 Å². The summed E-state index contributed by atoms with van der Waals surface area (Å²) in [6.07, 6.45) is 1.66. The molecule has 0 spiro atoms. The van der Waals surface area contributed by atoms with Crippen molar-refractivity contribution in [1.29, 1.82) is 0 Å². The molecule has 0 aliphatic rings. The van der Waals surface area contributed by atoms with Crippen molar-refractivity contribution in [2.75, 3.05) is 6.54 Å². The third kappa shape index (κ3) is 3.31. The van der Waals surface area contributed by atoms with Gasteiger partial charge in [-0.2, -0.15) is 0 Å². The maximum Gasteiger partial charge on any atom is 0.265 e. The van der Waals surface area contributed by atoms with E-state index in [4.69, 9.17) is 0 Å². The Bertz CT molecular complexity index is 948. The van der Waals surface area contributed by atoms with E-state index in [1.54, 1.807) is 21.7 Å². The number of aromatic nitrogens is 2. The number of aryl methyl sites for hydroxylation is 1. The SMILES string of the molecule is CCN(Cc1ccccc1)C(=O)c1cc2cccnc2n(CC)c1=O. The monoisotopic (exact) mass is 335 g/mol. The third-order valence-electron chi connectivity index (χ3n) is 4.28. The summed E-state index contributed by atoms with van der Waals surface area (Å²) in [7, 11) is 0. The average molecular weight is 335 g/mol. The van der Waals surface area contributed by atoms with Gasteiger partial charge >= 0.3 is 0 Å². The van der Waals surface area contributed by atoms with Gasteiger partial charge in [0.25, 0.3) is 11.5 Å². The summed E-state index contributed by atoms with van der Waals surface area (Å²) in [6.45, 7) is 5.28. The number of amides is 1. The first kappa shape index (κ1) is 16.9. The predicted octanol–water partition coefficient (Wildman–Crippen LogP) is 3.08. The van der Waals surface area contributed by atoms with Crippen LogP contribution in [0.15, 0.2) is 59.5 Å². The summed E-state index contributed by atoms with van der Waals surface area (Å²) in [6, 6.07) is 15.1. The Hall–Kier alpha value is -2.95. The van der Waals surface area contributed by atoms with Crippen LogP contribution in [-0.4, -0.2) is 26.9 Å². The highest BCUT2D eigenvalue weighted by Crippen LogP contribution is 2.14. The second-order valence-electron chi connectivity index (χ2n) is 5.83. The highest BCUT2D eigenvalue weighted by atomic mass is 16.2. The summed E-state index contributed by atoms with van der Waals surface area (Å²) in [5, 5.41) is 0.795. The molecule has 2 heterocycles. The predicted molar refractivity (Wildman–Crippen MR) is 98.5 cm³/mol. The van der Waals surface area contributed by atoms with Crippen LogP contribution in [0.2, 0.25) is 0 Å². The molecule has 0 N–H and O–H groups in total. The molecule has 0 aliphatic carbocycles. The minimum absolute atomic E-state index is 0.195. The minimum atomic E-state index is -0.287. The summed E-state index contributed by atoms with van der Waals surface area (Å²) in [4.78, 5) is 31.8. The summed E-state index contributed by atoms with van der Waals surface area (Å²) in [5.74, 6) is -0.246. The van der Waals surface area contributed by atoms with E-state index in [1.165, 1.54) is 0 Å². The number of hydrogen-bond acceptors (Lipinski definition) is 3. The summed E-state index contributed by atoms with van der Waals surface area (Å²) in [5.41, 5.74) is 1.55. The largest absolute Gasteiger partial charge is 0.334 e. The average Bonchev–Trinajstić information content (AvgIpc) is 2.66. The second-order valence-corrected chi connectivity index (χ2v) is 5.83. The molecule has 128 valence electrons. The van der Waals surface area contributed by atoms with E-state index in [2.05, 4.69) is 4.98 Å². The Kier molecular flexibility index (Phi) is 4.93. The maximum atomic E-state index is 13.0. The van der Waals surface area contributed by atoms with Crippen LogP contribution in [0.5, 0.6) is 0 Å². The number of fused-ring (bicyclic) bond motifs is 1. The number of pyridine rings is 2. The van der Waals surface area contributed by atoms with Crippen LogP contribution in [0, 0.1) is 0 Å². The molecule has 1 amide bonds. The molecule has 1 aromatic carbocycles. The van der Waals surface area contributed by atoms with Gasteiger partial charge in [-0.05, 0) is 37.6 Å². The van der Waals surface area contributed by atoms with E-state index in [0.29, 0.717) is 25.3 Å². The van der Waals surface area contributed by atoms with Crippen molar-refractivity contribution in [3.63, 3.8) is 0 Å². The normalized spacial score (nSPS) is 10.8. The fraction of sp³-hybridized carbons (Fsp3) is 0.250. The number of carbonyl (C=O) groups excluding carboxylic acids is 1. The molecule has 0 unspecified atom stereocenters. The topological polar surface area (TPSA) is 55.2 Å². The highest BCUT2D eigenvalue weighted by Gasteiger charge is 2.20. The van der Waals surface area contributed by atoms with E-state index in [0.717, 1.165) is 10.9 Å². The maximum absolute atomic E-state index is 13.0. The molecule has 5 nitrogen and oxygen atoms in total. The number of benzene rings is 1. The smallest absolute Gasteiger partial charge is 0.265 e. The first-order chi connectivity index (χ1) is 12.2. The van der Waals surface area contributed by atoms with Gasteiger partial charge in [-0.25, -0.2) is 4.98 Å². The lowest BCUT2D eigenvalue weighted by molar-refractivity contribution is 0.0750. The molecule has 0 fully saturated rings. The Labute approximate surface area is 146 Å². The number of hydrogen-bond donors (Lipinski definition) is 0. The number of rotatable bonds is 5. The standard InChI is InChI=1S/C20H21N3O2/c1-3-22(14-15-9-6-5-7-10-15)19(24)17-13-16-11-8-12-21-18(16)23(4-2)20(17)25/h5-13H,3-4,14H2,1-2H3. The van der Waals surface area contributed by atoms with E-state index >= 15 is 0 Å². The van der Waals surface area contributed by atoms with Gasteiger partial charge in [0.2, 0.25) is 0 Å². The molecular weight excluding hydrogens is 314 g/mol. The van der Waals surface area contributed by atoms with Gasteiger partial charge in [0.15, 0.2) is 0 Å². The zero-order chi connectivity index (χ0) is 17.8. The van der Waals surface area contributed by atoms with Crippen molar-refractivity contribution < 1.29 is 4.79 Å². The van der Waals surface area contributed by atoms with E-state index < -0.39 is 0 Å². The Morgan fingerprint density at radius 2 is 1.88 bits per heavy atom. The van der Waals surface area contributed by atoms with Gasteiger partial charge in [0, 0.05) is 31.2 Å². The molecule has 5 heteroatoms. The molecule has 0 saturated heterocycles. The van der Waals surface area contributed by atoms with Crippen LogP contribution in [0.1, 0.15) is 29.8 Å². The van der Waals surface area contributed by atoms with Gasteiger partial charge in [-0.1, -0.05) is 30.3 Å². The van der Waals surface area contributed by atoms with Crippen LogP contribution in [0.4, 0.5) is 0 Å². The molecule has 0 saturated carbocycles. The molecule has 2 aromatic heterocycles. The fourth-order valence-corrected chi connectivity index (χ4v) is 2.95. The van der Waals surface area contributed by atoms with Crippen molar-refractivity contribution in [2.45, 2.75) is 26.9 Å². The van der Waals surface area contributed by atoms with Crippen LogP contribution in [-0.2, 0) is 13.1 Å². The molecule has 3 rings (SSSR count). The molecule has 0 aliphatic heterocycles. The molecule has 0 bridgehead atoms.